The van der Waals surface area contributed by atoms with Crippen LogP contribution in [0.15, 0.2) is 29.9 Å². The van der Waals surface area contributed by atoms with Gasteiger partial charge in [0.15, 0.2) is 4.96 Å². The Balaban J connectivity index is 2.30. The maximum Gasteiger partial charge on any atom is 0.309 e. The van der Waals surface area contributed by atoms with Crippen molar-refractivity contribution in [3.8, 4) is 11.3 Å². The van der Waals surface area contributed by atoms with E-state index in [-0.39, 0.29) is 11.8 Å². The molecule has 0 aliphatic carbocycles. The molecule has 22 heavy (non-hydrogen) atoms. The van der Waals surface area contributed by atoms with Gasteiger partial charge in [-0.3, -0.25) is 14.2 Å². The molecule has 0 bridgehead atoms. The van der Waals surface area contributed by atoms with Gasteiger partial charge in [-0.25, -0.2) is 4.98 Å². The maximum atomic E-state index is 11.3. The molecular weight excluding hydrogens is 298 g/mol. The summed E-state index contributed by atoms with van der Waals surface area (Å²) in [6.07, 6.45) is 3.35. The topological polar surface area (TPSA) is 67.5 Å². The lowest BCUT2D eigenvalue weighted by Gasteiger charge is -2.18. The molecule has 1 N–H and O–H groups in total. The minimum Gasteiger partial charge on any atom is -0.481 e. The van der Waals surface area contributed by atoms with Gasteiger partial charge < -0.3 is 5.11 Å². The van der Waals surface area contributed by atoms with E-state index in [1.807, 2.05) is 16.5 Å². The zero-order valence-corrected chi connectivity index (χ0v) is 13.5. The van der Waals surface area contributed by atoms with Crippen molar-refractivity contribution in [2.24, 2.45) is 0 Å². The second-order valence-electron chi connectivity index (χ2n) is 6.21. The highest BCUT2D eigenvalue weighted by atomic mass is 32.1. The molecule has 0 radical (unpaired) electrons. The normalized spacial score (nSPS) is 12.0. The summed E-state index contributed by atoms with van der Waals surface area (Å²) in [5, 5.41) is 11.4. The lowest BCUT2D eigenvalue weighted by Crippen LogP contribution is -2.16. The standard InChI is InChI=1S/C16H17N3O2S/c1-16(2,3)12-9-22-15-18-14(10-5-4-6-17-8-10)11(19(12)15)7-13(20)21/h4-6,8-9H,7H2,1-3H3,(H,20,21). The smallest absolute Gasteiger partial charge is 0.309 e. The van der Waals surface area contributed by atoms with Gasteiger partial charge in [0.05, 0.1) is 17.8 Å². The Morgan fingerprint density at radius 1 is 1.41 bits per heavy atom. The van der Waals surface area contributed by atoms with Crippen molar-refractivity contribution in [1.82, 2.24) is 14.4 Å². The van der Waals surface area contributed by atoms with Crippen molar-refractivity contribution < 1.29 is 9.90 Å². The molecule has 0 spiro atoms. The van der Waals surface area contributed by atoms with Crippen LogP contribution in [0.2, 0.25) is 0 Å². The van der Waals surface area contributed by atoms with E-state index in [9.17, 15) is 9.90 Å². The Kier molecular flexibility index (Phi) is 3.48. The predicted octanol–water partition coefficient (Wildman–Crippen LogP) is 3.38. The molecule has 0 saturated heterocycles. The van der Waals surface area contributed by atoms with Gasteiger partial charge in [-0.15, -0.1) is 11.3 Å². The third-order valence-corrected chi connectivity index (χ3v) is 4.31. The highest BCUT2D eigenvalue weighted by Crippen LogP contribution is 2.33. The number of thiazole rings is 1. The number of fused-ring (bicyclic) bond motifs is 1. The molecule has 6 heteroatoms. The average molecular weight is 315 g/mol. The fourth-order valence-corrected chi connectivity index (χ4v) is 3.61. The number of nitrogens with zero attached hydrogens (tertiary/aromatic N) is 3. The molecular formula is C16H17N3O2S. The first-order chi connectivity index (χ1) is 10.4. The highest BCUT2D eigenvalue weighted by molar-refractivity contribution is 7.15. The first-order valence-corrected chi connectivity index (χ1v) is 7.87. The number of hydrogen-bond donors (Lipinski definition) is 1. The molecule has 3 heterocycles. The van der Waals surface area contributed by atoms with Gasteiger partial charge >= 0.3 is 5.97 Å². The lowest BCUT2D eigenvalue weighted by molar-refractivity contribution is -0.136. The van der Waals surface area contributed by atoms with Crippen LogP contribution >= 0.6 is 11.3 Å². The van der Waals surface area contributed by atoms with Crippen LogP contribution in [0.5, 0.6) is 0 Å². The number of carbonyl (C=O) groups is 1. The van der Waals surface area contributed by atoms with Crippen LogP contribution in [-0.4, -0.2) is 25.4 Å². The van der Waals surface area contributed by atoms with Crippen molar-refractivity contribution in [2.75, 3.05) is 0 Å². The average Bonchev–Trinajstić information content (AvgIpc) is 2.99. The van der Waals surface area contributed by atoms with Gasteiger partial charge in [-0.05, 0) is 12.1 Å². The molecule has 0 aromatic carbocycles. The third kappa shape index (κ3) is 2.50. The summed E-state index contributed by atoms with van der Waals surface area (Å²) in [5.74, 6) is -0.863. The van der Waals surface area contributed by atoms with Crippen LogP contribution in [-0.2, 0) is 16.6 Å². The molecule has 0 aliphatic rings. The van der Waals surface area contributed by atoms with Crippen molar-refractivity contribution in [2.45, 2.75) is 32.6 Å². The van der Waals surface area contributed by atoms with Gasteiger partial charge in [0, 0.05) is 34.4 Å². The van der Waals surface area contributed by atoms with Crippen LogP contribution in [0.4, 0.5) is 0 Å². The maximum absolute atomic E-state index is 11.3. The monoisotopic (exact) mass is 315 g/mol. The Morgan fingerprint density at radius 3 is 2.77 bits per heavy atom. The number of carboxylic acids is 1. The second kappa shape index (κ2) is 5.21. The van der Waals surface area contributed by atoms with E-state index in [1.165, 1.54) is 11.3 Å². The van der Waals surface area contributed by atoms with E-state index >= 15 is 0 Å². The fourth-order valence-electron chi connectivity index (χ4n) is 2.47. The van der Waals surface area contributed by atoms with Crippen molar-refractivity contribution >= 4 is 22.3 Å². The molecule has 3 aromatic heterocycles. The second-order valence-corrected chi connectivity index (χ2v) is 7.04. The number of imidazole rings is 1. The molecule has 0 amide bonds. The summed E-state index contributed by atoms with van der Waals surface area (Å²) in [5.41, 5.74) is 3.24. The predicted molar refractivity (Wildman–Crippen MR) is 86.3 cm³/mol. The summed E-state index contributed by atoms with van der Waals surface area (Å²) in [6, 6.07) is 3.74. The van der Waals surface area contributed by atoms with E-state index in [2.05, 4.69) is 36.1 Å². The number of aromatic nitrogens is 3. The van der Waals surface area contributed by atoms with E-state index in [0.717, 1.165) is 16.2 Å². The van der Waals surface area contributed by atoms with Gasteiger partial charge in [0.1, 0.15) is 0 Å². The number of carboxylic acid groups (broad SMARTS) is 1. The minimum atomic E-state index is -0.863. The number of rotatable bonds is 3. The van der Waals surface area contributed by atoms with Crippen LogP contribution in [0, 0.1) is 0 Å². The van der Waals surface area contributed by atoms with Gasteiger partial charge in [-0.2, -0.15) is 0 Å². The summed E-state index contributed by atoms with van der Waals surface area (Å²) in [6.45, 7) is 6.34. The molecule has 0 saturated carbocycles. The molecule has 0 fully saturated rings. The Morgan fingerprint density at radius 2 is 2.18 bits per heavy atom. The van der Waals surface area contributed by atoms with E-state index in [1.54, 1.807) is 12.4 Å². The van der Waals surface area contributed by atoms with Crippen LogP contribution in [0.1, 0.15) is 32.2 Å². The SMILES string of the molecule is CC(C)(C)c1csc2nc(-c3cccnc3)c(CC(=O)O)n12. The zero-order chi connectivity index (χ0) is 15.9. The Hall–Kier alpha value is -2.21. The number of pyridine rings is 1. The molecule has 3 aromatic rings. The lowest BCUT2D eigenvalue weighted by atomic mass is 9.93. The van der Waals surface area contributed by atoms with E-state index in [4.69, 9.17) is 0 Å². The first-order valence-electron chi connectivity index (χ1n) is 6.99. The zero-order valence-electron chi connectivity index (χ0n) is 12.7. The molecule has 3 rings (SSSR count). The van der Waals surface area contributed by atoms with Crippen molar-refractivity contribution in [3.05, 3.63) is 41.3 Å². The van der Waals surface area contributed by atoms with Crippen molar-refractivity contribution in [3.63, 3.8) is 0 Å². The Bertz CT molecular complexity index is 828. The molecule has 5 nitrogen and oxygen atoms in total. The molecule has 114 valence electrons. The fraction of sp³-hybridized carbons (Fsp3) is 0.312. The summed E-state index contributed by atoms with van der Waals surface area (Å²) in [7, 11) is 0. The largest absolute Gasteiger partial charge is 0.481 e. The molecule has 0 unspecified atom stereocenters. The Labute approximate surface area is 132 Å². The van der Waals surface area contributed by atoms with Crippen LogP contribution in [0.3, 0.4) is 0 Å². The van der Waals surface area contributed by atoms with Gasteiger partial charge in [0.25, 0.3) is 0 Å². The summed E-state index contributed by atoms with van der Waals surface area (Å²) < 4.78 is 1.99. The summed E-state index contributed by atoms with van der Waals surface area (Å²) >= 11 is 1.54. The van der Waals surface area contributed by atoms with Crippen molar-refractivity contribution in [1.29, 1.82) is 0 Å². The summed E-state index contributed by atoms with van der Waals surface area (Å²) in [4.78, 5) is 20.9. The minimum absolute atomic E-state index is 0.0643. The third-order valence-electron chi connectivity index (χ3n) is 3.48. The molecule has 0 aliphatic heterocycles. The van der Waals surface area contributed by atoms with E-state index in [0.29, 0.717) is 11.4 Å². The van der Waals surface area contributed by atoms with Crippen LogP contribution in [0.25, 0.3) is 16.2 Å². The van der Waals surface area contributed by atoms with E-state index < -0.39 is 5.97 Å². The quantitative estimate of drug-likeness (QED) is 0.804. The molecule has 0 atom stereocenters. The number of hydrogen-bond acceptors (Lipinski definition) is 4. The highest BCUT2D eigenvalue weighted by Gasteiger charge is 2.25. The van der Waals surface area contributed by atoms with Gasteiger partial charge in [0.2, 0.25) is 0 Å². The van der Waals surface area contributed by atoms with Gasteiger partial charge in [-0.1, -0.05) is 20.8 Å². The first kappa shape index (κ1) is 14.7. The van der Waals surface area contributed by atoms with Crippen LogP contribution < -0.4 is 0 Å². The number of aliphatic carboxylic acids is 1.